The molecule has 1 aromatic heterocycles. The van der Waals surface area contributed by atoms with E-state index in [0.29, 0.717) is 18.2 Å². The summed E-state index contributed by atoms with van der Waals surface area (Å²) in [6.45, 7) is 2.41. The van der Waals surface area contributed by atoms with Crippen LogP contribution in [0.1, 0.15) is 28.3 Å². The smallest absolute Gasteiger partial charge is 0.271 e. The van der Waals surface area contributed by atoms with Crippen LogP contribution in [0.4, 0.5) is 0 Å². The Morgan fingerprint density at radius 1 is 1.80 bits per heavy atom. The quantitative estimate of drug-likeness (QED) is 0.800. The molecule has 15 heavy (non-hydrogen) atoms. The number of nitrogens with two attached hydrogens (primary N) is 1. The number of hydrogen-bond acceptors (Lipinski definition) is 4. The molecule has 5 heteroatoms. The molecule has 1 heterocycles. The fraction of sp³-hybridized carbons (Fsp3) is 0.600. The lowest BCUT2D eigenvalue weighted by molar-refractivity contribution is 0.0929. The Morgan fingerprint density at radius 3 is 3.00 bits per heavy atom. The molecular weight excluding hydrogens is 210 g/mol. The van der Waals surface area contributed by atoms with Crippen molar-refractivity contribution in [1.82, 2.24) is 10.3 Å². The molecule has 0 bridgehead atoms. The van der Waals surface area contributed by atoms with Crippen molar-refractivity contribution in [1.29, 1.82) is 0 Å². The van der Waals surface area contributed by atoms with Gasteiger partial charge >= 0.3 is 0 Å². The van der Waals surface area contributed by atoms with Crippen LogP contribution in [0.15, 0.2) is 5.38 Å². The first-order valence-corrected chi connectivity index (χ1v) is 6.01. The van der Waals surface area contributed by atoms with Crippen molar-refractivity contribution in [2.24, 2.45) is 11.7 Å². The molecule has 4 nitrogen and oxygen atoms in total. The molecule has 1 saturated carbocycles. The highest BCUT2D eigenvalue weighted by atomic mass is 32.1. The van der Waals surface area contributed by atoms with Crippen molar-refractivity contribution >= 4 is 17.2 Å². The van der Waals surface area contributed by atoms with Crippen LogP contribution >= 0.6 is 11.3 Å². The molecule has 82 valence electrons. The van der Waals surface area contributed by atoms with E-state index < -0.39 is 0 Å². The molecule has 0 saturated heterocycles. The molecule has 0 aromatic carbocycles. The second-order valence-electron chi connectivity index (χ2n) is 3.90. The number of carbonyl (C=O) groups excluding carboxylic acids is 1. The summed E-state index contributed by atoms with van der Waals surface area (Å²) in [6.07, 6.45) is 2.36. The monoisotopic (exact) mass is 225 g/mol. The van der Waals surface area contributed by atoms with Gasteiger partial charge in [0.15, 0.2) is 0 Å². The first-order valence-electron chi connectivity index (χ1n) is 5.13. The van der Waals surface area contributed by atoms with Gasteiger partial charge in [0.1, 0.15) is 5.69 Å². The molecule has 1 aliphatic carbocycles. The van der Waals surface area contributed by atoms with E-state index >= 15 is 0 Å². The molecule has 1 unspecified atom stereocenters. The summed E-state index contributed by atoms with van der Waals surface area (Å²) in [4.78, 5) is 15.9. The maximum Gasteiger partial charge on any atom is 0.271 e. The zero-order valence-electron chi connectivity index (χ0n) is 8.69. The second kappa shape index (κ2) is 4.28. The number of hydrogen-bond donors (Lipinski definition) is 2. The summed E-state index contributed by atoms with van der Waals surface area (Å²) in [5, 5.41) is 5.63. The zero-order chi connectivity index (χ0) is 10.8. The van der Waals surface area contributed by atoms with Gasteiger partial charge in [0.2, 0.25) is 0 Å². The Hall–Kier alpha value is -0.940. The molecule has 1 aliphatic rings. The van der Waals surface area contributed by atoms with Gasteiger partial charge in [0.05, 0.1) is 5.01 Å². The van der Waals surface area contributed by atoms with Gasteiger partial charge in [-0.2, -0.15) is 0 Å². The Morgan fingerprint density at radius 2 is 2.53 bits per heavy atom. The van der Waals surface area contributed by atoms with Gasteiger partial charge in [-0.25, -0.2) is 4.98 Å². The third kappa shape index (κ3) is 2.54. The first-order chi connectivity index (χ1) is 7.20. The predicted molar refractivity (Wildman–Crippen MR) is 59.9 cm³/mol. The molecule has 0 radical (unpaired) electrons. The number of nitrogens with one attached hydrogen (secondary N) is 1. The van der Waals surface area contributed by atoms with Crippen molar-refractivity contribution < 1.29 is 4.79 Å². The predicted octanol–water partition coefficient (Wildman–Crippen LogP) is 0.919. The average Bonchev–Trinajstić information content (AvgIpc) is 2.97. The van der Waals surface area contributed by atoms with Crippen molar-refractivity contribution in [3.05, 3.63) is 16.1 Å². The van der Waals surface area contributed by atoms with Crippen LogP contribution in [0.5, 0.6) is 0 Å². The van der Waals surface area contributed by atoms with Crippen LogP contribution in [0.25, 0.3) is 0 Å². The number of rotatable bonds is 4. The van der Waals surface area contributed by atoms with Crippen molar-refractivity contribution in [2.45, 2.75) is 25.8 Å². The molecular formula is C10H15N3OS. The van der Waals surface area contributed by atoms with Crippen LogP contribution in [0.3, 0.4) is 0 Å². The van der Waals surface area contributed by atoms with Crippen molar-refractivity contribution in [2.75, 3.05) is 6.54 Å². The third-order valence-corrected chi connectivity index (χ3v) is 3.39. The van der Waals surface area contributed by atoms with Gasteiger partial charge in [0, 0.05) is 18.0 Å². The van der Waals surface area contributed by atoms with Gasteiger partial charge in [-0.15, -0.1) is 11.3 Å². The topological polar surface area (TPSA) is 68.0 Å². The van der Waals surface area contributed by atoms with Crippen molar-refractivity contribution in [3.63, 3.8) is 0 Å². The Bertz CT molecular complexity index is 359. The molecule has 1 atom stereocenters. The minimum atomic E-state index is -0.0956. The molecule has 1 fully saturated rings. The van der Waals surface area contributed by atoms with Crippen LogP contribution < -0.4 is 11.1 Å². The summed E-state index contributed by atoms with van der Waals surface area (Å²) in [7, 11) is 0. The second-order valence-corrected chi connectivity index (χ2v) is 4.97. The minimum absolute atomic E-state index is 0.0956. The maximum atomic E-state index is 11.7. The van der Waals surface area contributed by atoms with E-state index in [1.54, 1.807) is 5.38 Å². The van der Waals surface area contributed by atoms with Gasteiger partial charge in [0.25, 0.3) is 5.91 Å². The molecule has 0 spiro atoms. The van der Waals surface area contributed by atoms with E-state index in [1.807, 2.05) is 6.92 Å². The number of nitrogens with zero attached hydrogens (tertiary/aromatic N) is 1. The van der Waals surface area contributed by atoms with Crippen LogP contribution in [0.2, 0.25) is 0 Å². The largest absolute Gasteiger partial charge is 0.346 e. The number of thiazole rings is 1. The standard InChI is InChI=1S/C10H15N3OS/c1-6-12-9(5-15-6)10(14)13-8(4-11)7-2-3-7/h5,7-8H,2-4,11H2,1H3,(H,13,14). The lowest BCUT2D eigenvalue weighted by Gasteiger charge is -2.14. The van der Waals surface area contributed by atoms with E-state index in [0.717, 1.165) is 5.01 Å². The van der Waals surface area contributed by atoms with E-state index in [-0.39, 0.29) is 11.9 Å². The number of amides is 1. The zero-order valence-corrected chi connectivity index (χ0v) is 9.51. The van der Waals surface area contributed by atoms with E-state index in [9.17, 15) is 4.79 Å². The fourth-order valence-electron chi connectivity index (χ4n) is 1.58. The SMILES string of the molecule is Cc1nc(C(=O)NC(CN)C2CC2)cs1. The number of aryl methyl sites for hydroxylation is 1. The lowest BCUT2D eigenvalue weighted by atomic mass is 10.2. The molecule has 2 rings (SSSR count). The Kier molecular flexibility index (Phi) is 3.02. The molecule has 1 amide bonds. The van der Waals surface area contributed by atoms with E-state index in [2.05, 4.69) is 10.3 Å². The lowest BCUT2D eigenvalue weighted by Crippen LogP contribution is -2.41. The maximum absolute atomic E-state index is 11.7. The van der Waals surface area contributed by atoms with E-state index in [1.165, 1.54) is 24.2 Å². The number of carbonyl (C=O) groups is 1. The summed E-state index contributed by atoms with van der Waals surface area (Å²) in [6, 6.07) is 0.125. The summed E-state index contributed by atoms with van der Waals surface area (Å²) in [5.74, 6) is 0.486. The summed E-state index contributed by atoms with van der Waals surface area (Å²) in [5.41, 5.74) is 6.12. The average molecular weight is 225 g/mol. The molecule has 0 aliphatic heterocycles. The van der Waals surface area contributed by atoms with Crippen LogP contribution in [0, 0.1) is 12.8 Å². The fourth-order valence-corrected chi connectivity index (χ4v) is 2.17. The van der Waals surface area contributed by atoms with Crippen molar-refractivity contribution in [3.8, 4) is 0 Å². The van der Waals surface area contributed by atoms with E-state index in [4.69, 9.17) is 5.73 Å². The van der Waals surface area contributed by atoms with Gasteiger partial charge in [-0.05, 0) is 25.7 Å². The molecule has 3 N–H and O–H groups in total. The molecule has 1 aromatic rings. The Labute approximate surface area is 92.9 Å². The van der Waals surface area contributed by atoms with Gasteiger partial charge < -0.3 is 11.1 Å². The highest BCUT2D eigenvalue weighted by molar-refractivity contribution is 7.09. The summed E-state index contributed by atoms with van der Waals surface area (Å²) < 4.78 is 0. The van der Waals surface area contributed by atoms with Gasteiger partial charge in [-0.3, -0.25) is 4.79 Å². The number of aromatic nitrogens is 1. The minimum Gasteiger partial charge on any atom is -0.346 e. The Balaban J connectivity index is 1.96. The normalized spacial score (nSPS) is 17.5. The first kappa shape index (κ1) is 10.6. The third-order valence-electron chi connectivity index (χ3n) is 2.61. The van der Waals surface area contributed by atoms with Crippen LogP contribution in [-0.2, 0) is 0 Å². The van der Waals surface area contributed by atoms with Gasteiger partial charge in [-0.1, -0.05) is 0 Å². The van der Waals surface area contributed by atoms with Crippen LogP contribution in [-0.4, -0.2) is 23.5 Å². The highest BCUT2D eigenvalue weighted by Gasteiger charge is 2.31. The summed E-state index contributed by atoms with van der Waals surface area (Å²) >= 11 is 1.49. The highest BCUT2D eigenvalue weighted by Crippen LogP contribution is 2.32.